The molecule has 0 bridgehead atoms. The average Bonchev–Trinajstić information content (AvgIpc) is 3.18. The van der Waals surface area contributed by atoms with Gasteiger partial charge in [0.05, 0.1) is 6.26 Å². The minimum absolute atomic E-state index is 0.100. The predicted molar refractivity (Wildman–Crippen MR) is 95.6 cm³/mol. The summed E-state index contributed by atoms with van der Waals surface area (Å²) >= 11 is 0. The first kappa shape index (κ1) is 19.2. The van der Waals surface area contributed by atoms with Crippen molar-refractivity contribution in [1.29, 1.82) is 0 Å². The highest BCUT2D eigenvalue weighted by Crippen LogP contribution is 2.12. The van der Waals surface area contributed by atoms with E-state index in [-0.39, 0.29) is 17.6 Å². The summed E-state index contributed by atoms with van der Waals surface area (Å²) in [6.45, 7) is 3.13. The number of hydrogen-bond acceptors (Lipinski definition) is 5. The molecule has 1 heterocycles. The first-order chi connectivity index (χ1) is 12.4. The van der Waals surface area contributed by atoms with E-state index in [0.717, 1.165) is 0 Å². The Morgan fingerprint density at radius 1 is 1.12 bits per heavy atom. The monoisotopic (exact) mass is 358 g/mol. The number of furan rings is 1. The molecule has 26 heavy (non-hydrogen) atoms. The third-order valence-corrected chi connectivity index (χ3v) is 3.81. The van der Waals surface area contributed by atoms with E-state index in [0.29, 0.717) is 5.69 Å². The van der Waals surface area contributed by atoms with Crippen LogP contribution < -0.4 is 10.2 Å². The van der Waals surface area contributed by atoms with Gasteiger partial charge in [0, 0.05) is 12.7 Å². The zero-order valence-corrected chi connectivity index (χ0v) is 15.0. The minimum atomic E-state index is -0.887. The number of benzene rings is 1. The second-order valence-corrected chi connectivity index (χ2v) is 6.07. The van der Waals surface area contributed by atoms with Crippen molar-refractivity contribution in [3.63, 3.8) is 0 Å². The first-order valence-electron chi connectivity index (χ1n) is 8.22. The summed E-state index contributed by atoms with van der Waals surface area (Å²) in [4.78, 5) is 38.0. The molecule has 1 atom stereocenters. The number of nitrogens with zero attached hydrogens (tertiary/aromatic N) is 1. The van der Waals surface area contributed by atoms with E-state index in [9.17, 15) is 14.4 Å². The highest BCUT2D eigenvalue weighted by molar-refractivity contribution is 5.96. The molecule has 0 aliphatic heterocycles. The molecule has 2 rings (SSSR count). The molecule has 7 nitrogen and oxygen atoms in total. The maximum Gasteiger partial charge on any atom is 0.329 e. The molecular weight excluding hydrogens is 336 g/mol. The van der Waals surface area contributed by atoms with Crippen molar-refractivity contribution in [2.24, 2.45) is 5.92 Å². The average molecular weight is 358 g/mol. The van der Waals surface area contributed by atoms with Gasteiger partial charge in [0.1, 0.15) is 6.04 Å². The molecule has 2 aromatic rings. The number of amides is 2. The number of ether oxygens (including phenoxy) is 1. The Kier molecular flexibility index (Phi) is 6.54. The lowest BCUT2D eigenvalue weighted by atomic mass is 10.0. The van der Waals surface area contributed by atoms with Crippen LogP contribution in [0.1, 0.15) is 24.4 Å². The van der Waals surface area contributed by atoms with Crippen LogP contribution in [0, 0.1) is 5.92 Å². The quantitative estimate of drug-likeness (QED) is 0.767. The molecule has 0 saturated carbocycles. The largest absolute Gasteiger partial charge is 0.459 e. The van der Waals surface area contributed by atoms with Crippen LogP contribution in [0.25, 0.3) is 0 Å². The SMILES string of the molecule is CC(C)[C@@H](NC(=O)c1ccco1)C(=O)OCC(=O)N(C)c1ccccc1. The fourth-order valence-electron chi connectivity index (χ4n) is 2.23. The van der Waals surface area contributed by atoms with E-state index < -0.39 is 24.5 Å². The van der Waals surface area contributed by atoms with E-state index in [1.54, 1.807) is 39.1 Å². The number of anilines is 1. The van der Waals surface area contributed by atoms with Crippen LogP contribution in [0.3, 0.4) is 0 Å². The summed E-state index contributed by atoms with van der Waals surface area (Å²) < 4.78 is 10.1. The smallest absolute Gasteiger partial charge is 0.329 e. The normalized spacial score (nSPS) is 11.7. The van der Waals surface area contributed by atoms with Crippen molar-refractivity contribution in [1.82, 2.24) is 5.32 Å². The van der Waals surface area contributed by atoms with E-state index in [2.05, 4.69) is 5.32 Å². The number of carbonyl (C=O) groups excluding carboxylic acids is 3. The molecule has 0 fully saturated rings. The number of nitrogens with one attached hydrogen (secondary N) is 1. The number of esters is 1. The van der Waals surface area contributed by atoms with Crippen LogP contribution in [-0.4, -0.2) is 37.5 Å². The molecule has 0 spiro atoms. The summed E-state index contributed by atoms with van der Waals surface area (Å²) in [6.07, 6.45) is 1.37. The highest BCUT2D eigenvalue weighted by Gasteiger charge is 2.28. The molecule has 0 saturated heterocycles. The van der Waals surface area contributed by atoms with Gasteiger partial charge in [-0.15, -0.1) is 0 Å². The molecule has 1 aromatic carbocycles. The Labute approximate surface area is 151 Å². The number of rotatable bonds is 7. The number of likely N-dealkylation sites (N-methyl/N-ethyl adjacent to an activating group) is 1. The van der Waals surface area contributed by atoms with Crippen molar-refractivity contribution in [2.75, 3.05) is 18.6 Å². The van der Waals surface area contributed by atoms with Gasteiger partial charge in [-0.1, -0.05) is 32.0 Å². The first-order valence-corrected chi connectivity index (χ1v) is 8.22. The maximum absolute atomic E-state index is 12.3. The third kappa shape index (κ3) is 4.95. The van der Waals surface area contributed by atoms with Crippen LogP contribution in [0.15, 0.2) is 53.1 Å². The molecule has 1 N–H and O–H groups in total. The lowest BCUT2D eigenvalue weighted by Crippen LogP contribution is -2.46. The van der Waals surface area contributed by atoms with E-state index >= 15 is 0 Å². The molecule has 0 unspecified atom stereocenters. The molecule has 1 aromatic heterocycles. The van der Waals surface area contributed by atoms with Crippen molar-refractivity contribution >= 4 is 23.5 Å². The molecule has 7 heteroatoms. The van der Waals surface area contributed by atoms with Gasteiger partial charge in [-0.25, -0.2) is 4.79 Å². The summed E-state index contributed by atoms with van der Waals surface area (Å²) in [7, 11) is 1.60. The number of carbonyl (C=O) groups is 3. The van der Waals surface area contributed by atoms with Crippen LogP contribution in [0.2, 0.25) is 0 Å². The fourth-order valence-corrected chi connectivity index (χ4v) is 2.23. The van der Waals surface area contributed by atoms with E-state index in [1.807, 2.05) is 18.2 Å². The van der Waals surface area contributed by atoms with Crippen LogP contribution in [-0.2, 0) is 14.3 Å². The van der Waals surface area contributed by atoms with Crippen LogP contribution in [0.4, 0.5) is 5.69 Å². The molecule has 0 aliphatic carbocycles. The van der Waals surface area contributed by atoms with E-state index in [1.165, 1.54) is 17.2 Å². The maximum atomic E-state index is 12.3. The van der Waals surface area contributed by atoms with Crippen molar-refractivity contribution in [3.05, 3.63) is 54.5 Å². The van der Waals surface area contributed by atoms with Gasteiger partial charge in [0.25, 0.3) is 11.8 Å². The Morgan fingerprint density at radius 3 is 2.38 bits per heavy atom. The summed E-state index contributed by atoms with van der Waals surface area (Å²) in [5.74, 6) is -1.68. The zero-order valence-electron chi connectivity index (χ0n) is 15.0. The van der Waals surface area contributed by atoms with Gasteiger partial charge in [-0.05, 0) is 30.2 Å². The Balaban J connectivity index is 1.93. The standard InChI is InChI=1S/C19H22N2O5/c1-13(2)17(20-18(23)15-10-7-11-25-15)19(24)26-12-16(22)21(3)14-8-5-4-6-9-14/h4-11,13,17H,12H2,1-3H3,(H,20,23)/t17-/m1/s1. The van der Waals surface area contributed by atoms with Gasteiger partial charge in [0.15, 0.2) is 12.4 Å². The second kappa shape index (κ2) is 8.84. The fraction of sp³-hybridized carbons (Fsp3) is 0.316. The summed E-state index contributed by atoms with van der Waals surface area (Å²) in [6, 6.07) is 11.2. The Bertz CT molecular complexity index is 741. The second-order valence-electron chi connectivity index (χ2n) is 6.07. The predicted octanol–water partition coefficient (Wildman–Crippen LogP) is 2.24. The van der Waals surface area contributed by atoms with Crippen LogP contribution in [0.5, 0.6) is 0 Å². The van der Waals surface area contributed by atoms with Gasteiger partial charge in [-0.3, -0.25) is 9.59 Å². The van der Waals surface area contributed by atoms with Crippen molar-refractivity contribution in [3.8, 4) is 0 Å². The molecule has 2 amide bonds. The Hall–Kier alpha value is -3.09. The van der Waals surface area contributed by atoms with Gasteiger partial charge >= 0.3 is 5.97 Å². The van der Waals surface area contributed by atoms with Crippen molar-refractivity contribution in [2.45, 2.75) is 19.9 Å². The van der Waals surface area contributed by atoms with Gasteiger partial charge < -0.3 is 19.4 Å². The van der Waals surface area contributed by atoms with Gasteiger partial charge in [0.2, 0.25) is 0 Å². The molecule has 0 aliphatic rings. The molecule has 138 valence electrons. The number of hydrogen-bond donors (Lipinski definition) is 1. The minimum Gasteiger partial charge on any atom is -0.459 e. The molecule has 0 radical (unpaired) electrons. The topological polar surface area (TPSA) is 88.9 Å². The zero-order chi connectivity index (χ0) is 19.1. The van der Waals surface area contributed by atoms with Crippen molar-refractivity contribution < 1.29 is 23.5 Å². The number of para-hydroxylation sites is 1. The van der Waals surface area contributed by atoms with Gasteiger partial charge in [-0.2, -0.15) is 0 Å². The third-order valence-electron chi connectivity index (χ3n) is 3.81. The Morgan fingerprint density at radius 2 is 1.81 bits per heavy atom. The molecular formula is C19H22N2O5. The highest BCUT2D eigenvalue weighted by atomic mass is 16.5. The van der Waals surface area contributed by atoms with Crippen LogP contribution >= 0.6 is 0 Å². The van der Waals surface area contributed by atoms with E-state index in [4.69, 9.17) is 9.15 Å². The lowest BCUT2D eigenvalue weighted by Gasteiger charge is -2.21. The summed E-state index contributed by atoms with van der Waals surface area (Å²) in [5.41, 5.74) is 0.695. The lowest BCUT2D eigenvalue weighted by molar-refractivity contribution is -0.150. The summed E-state index contributed by atoms with van der Waals surface area (Å²) in [5, 5.41) is 2.57.